The Morgan fingerprint density at radius 2 is 2.44 bits per heavy atom. The van der Waals surface area contributed by atoms with Crippen LogP contribution in [0.3, 0.4) is 0 Å². The van der Waals surface area contributed by atoms with Gasteiger partial charge in [0.1, 0.15) is 11.3 Å². The lowest BCUT2D eigenvalue weighted by Crippen LogP contribution is -2.25. The summed E-state index contributed by atoms with van der Waals surface area (Å²) in [6.45, 7) is 3.41. The van der Waals surface area contributed by atoms with E-state index in [1.165, 1.54) is 6.92 Å². The first-order chi connectivity index (χ1) is 7.71. The van der Waals surface area contributed by atoms with Crippen molar-refractivity contribution < 1.29 is 14.3 Å². The van der Waals surface area contributed by atoms with Crippen molar-refractivity contribution in [1.82, 2.24) is 4.98 Å². The molecule has 0 unspecified atom stereocenters. The molecule has 0 aliphatic carbocycles. The van der Waals surface area contributed by atoms with E-state index in [4.69, 9.17) is 9.47 Å². The van der Waals surface area contributed by atoms with Gasteiger partial charge in [-0.05, 0) is 11.6 Å². The lowest BCUT2D eigenvalue weighted by Gasteiger charge is -2.21. The molecule has 1 saturated heterocycles. The molecule has 1 fully saturated rings. The highest BCUT2D eigenvalue weighted by molar-refractivity contribution is 5.92. The van der Waals surface area contributed by atoms with Crippen LogP contribution in [0.25, 0.3) is 0 Å². The van der Waals surface area contributed by atoms with E-state index in [2.05, 4.69) is 4.98 Å². The standard InChI is InChI=1S/C12H13NO3/c1-8(14)11-4-10-9(5-13-11)6-16-12(10)2-3-15-7-12/h4-5H,2-3,6-7H2,1H3/t12-/m0/s1. The molecular weight excluding hydrogens is 206 g/mol. The number of hydrogen-bond donors (Lipinski definition) is 0. The van der Waals surface area contributed by atoms with E-state index in [1.807, 2.05) is 6.07 Å². The van der Waals surface area contributed by atoms with Crippen molar-refractivity contribution in [1.29, 1.82) is 0 Å². The van der Waals surface area contributed by atoms with Crippen molar-refractivity contribution in [3.8, 4) is 0 Å². The van der Waals surface area contributed by atoms with Gasteiger partial charge >= 0.3 is 0 Å². The minimum absolute atomic E-state index is 0.0104. The van der Waals surface area contributed by atoms with E-state index in [0.717, 1.165) is 24.2 Å². The lowest BCUT2D eigenvalue weighted by atomic mass is 9.92. The van der Waals surface area contributed by atoms with Gasteiger partial charge in [0.2, 0.25) is 0 Å². The molecule has 2 aliphatic rings. The minimum atomic E-state index is -0.317. The molecule has 84 valence electrons. The first kappa shape index (κ1) is 9.93. The molecule has 3 rings (SSSR count). The van der Waals surface area contributed by atoms with E-state index in [0.29, 0.717) is 18.9 Å². The molecule has 0 radical (unpaired) electrons. The zero-order valence-electron chi connectivity index (χ0n) is 9.16. The number of fused-ring (bicyclic) bond motifs is 2. The van der Waals surface area contributed by atoms with E-state index in [9.17, 15) is 4.79 Å². The van der Waals surface area contributed by atoms with Crippen molar-refractivity contribution in [2.75, 3.05) is 13.2 Å². The molecule has 1 aromatic rings. The summed E-state index contributed by atoms with van der Waals surface area (Å²) < 4.78 is 11.2. The quantitative estimate of drug-likeness (QED) is 0.670. The Hall–Kier alpha value is -1.26. The lowest BCUT2D eigenvalue weighted by molar-refractivity contribution is -0.0421. The Morgan fingerprint density at radius 3 is 3.12 bits per heavy atom. The first-order valence-corrected chi connectivity index (χ1v) is 5.43. The van der Waals surface area contributed by atoms with E-state index in [1.54, 1.807) is 6.20 Å². The highest BCUT2D eigenvalue weighted by Gasteiger charge is 2.43. The Kier molecular flexibility index (Phi) is 2.09. The fourth-order valence-corrected chi connectivity index (χ4v) is 2.38. The normalized spacial score (nSPS) is 27.3. The number of carbonyl (C=O) groups is 1. The summed E-state index contributed by atoms with van der Waals surface area (Å²) >= 11 is 0. The molecule has 0 bridgehead atoms. The maximum Gasteiger partial charge on any atom is 0.178 e. The third kappa shape index (κ3) is 1.30. The van der Waals surface area contributed by atoms with Crippen LogP contribution in [0.2, 0.25) is 0 Å². The van der Waals surface area contributed by atoms with Gasteiger partial charge in [-0.3, -0.25) is 9.78 Å². The van der Waals surface area contributed by atoms with Gasteiger partial charge < -0.3 is 9.47 Å². The molecule has 2 aliphatic heterocycles. The highest BCUT2D eigenvalue weighted by Crippen LogP contribution is 2.42. The number of hydrogen-bond acceptors (Lipinski definition) is 4. The van der Waals surface area contributed by atoms with Gasteiger partial charge in [-0.2, -0.15) is 0 Å². The summed E-state index contributed by atoms with van der Waals surface area (Å²) in [5, 5.41) is 0. The number of pyridine rings is 1. The second kappa shape index (κ2) is 3.37. The topological polar surface area (TPSA) is 48.4 Å². The molecule has 4 nitrogen and oxygen atoms in total. The van der Waals surface area contributed by atoms with Crippen LogP contribution < -0.4 is 0 Å². The number of nitrogens with zero attached hydrogens (tertiary/aromatic N) is 1. The number of ketones is 1. The third-order valence-electron chi connectivity index (χ3n) is 3.33. The molecule has 1 aromatic heterocycles. The van der Waals surface area contributed by atoms with Gasteiger partial charge in [-0.25, -0.2) is 0 Å². The molecular formula is C12H13NO3. The van der Waals surface area contributed by atoms with Crippen LogP contribution in [0.1, 0.15) is 35.0 Å². The van der Waals surface area contributed by atoms with Crippen molar-refractivity contribution in [3.05, 3.63) is 29.1 Å². The zero-order valence-corrected chi connectivity index (χ0v) is 9.16. The van der Waals surface area contributed by atoms with Crippen LogP contribution in [-0.2, 0) is 21.7 Å². The number of ether oxygens (including phenoxy) is 2. The van der Waals surface area contributed by atoms with Crippen LogP contribution in [-0.4, -0.2) is 24.0 Å². The molecule has 0 N–H and O–H groups in total. The number of Topliss-reactive ketones (excluding diaryl/α,β-unsaturated/α-hetero) is 1. The predicted molar refractivity (Wildman–Crippen MR) is 56.1 cm³/mol. The third-order valence-corrected chi connectivity index (χ3v) is 3.33. The Morgan fingerprint density at radius 1 is 1.56 bits per heavy atom. The first-order valence-electron chi connectivity index (χ1n) is 5.43. The average Bonchev–Trinajstić information content (AvgIpc) is 2.88. The van der Waals surface area contributed by atoms with Crippen molar-refractivity contribution in [2.45, 2.75) is 25.6 Å². The summed E-state index contributed by atoms with van der Waals surface area (Å²) in [6.07, 6.45) is 2.61. The summed E-state index contributed by atoms with van der Waals surface area (Å²) in [7, 11) is 0. The van der Waals surface area contributed by atoms with Crippen LogP contribution >= 0.6 is 0 Å². The van der Waals surface area contributed by atoms with Crippen LogP contribution in [0, 0.1) is 0 Å². The largest absolute Gasteiger partial charge is 0.378 e. The molecule has 1 spiro atoms. The molecule has 3 heterocycles. The van der Waals surface area contributed by atoms with Crippen LogP contribution in [0.5, 0.6) is 0 Å². The predicted octanol–water partition coefficient (Wildman–Crippen LogP) is 1.43. The monoisotopic (exact) mass is 219 g/mol. The number of carbonyl (C=O) groups excluding carboxylic acids is 1. The second-order valence-corrected chi connectivity index (χ2v) is 4.37. The van der Waals surface area contributed by atoms with E-state index >= 15 is 0 Å². The van der Waals surface area contributed by atoms with Gasteiger partial charge in [-0.15, -0.1) is 0 Å². The maximum atomic E-state index is 11.3. The Labute approximate surface area is 93.6 Å². The fraction of sp³-hybridized carbons (Fsp3) is 0.500. The average molecular weight is 219 g/mol. The second-order valence-electron chi connectivity index (χ2n) is 4.37. The summed E-state index contributed by atoms with van der Waals surface area (Å²) in [5.41, 5.74) is 2.36. The molecule has 0 saturated carbocycles. The molecule has 4 heteroatoms. The summed E-state index contributed by atoms with van der Waals surface area (Å²) in [5.74, 6) is -0.0104. The number of rotatable bonds is 1. The van der Waals surface area contributed by atoms with Crippen molar-refractivity contribution in [3.63, 3.8) is 0 Å². The molecule has 16 heavy (non-hydrogen) atoms. The smallest absolute Gasteiger partial charge is 0.178 e. The summed E-state index contributed by atoms with van der Waals surface area (Å²) in [4.78, 5) is 15.4. The SMILES string of the molecule is CC(=O)c1cc2c(cn1)CO[C@]21CCOC1. The zero-order chi connectivity index (χ0) is 11.2. The van der Waals surface area contributed by atoms with Crippen molar-refractivity contribution in [2.24, 2.45) is 0 Å². The van der Waals surface area contributed by atoms with Crippen LogP contribution in [0.4, 0.5) is 0 Å². The van der Waals surface area contributed by atoms with Gasteiger partial charge in [0.15, 0.2) is 5.78 Å². The summed E-state index contributed by atoms with van der Waals surface area (Å²) in [6, 6.07) is 1.86. The highest BCUT2D eigenvalue weighted by atomic mass is 16.6. The van der Waals surface area contributed by atoms with E-state index in [-0.39, 0.29) is 11.4 Å². The van der Waals surface area contributed by atoms with Gasteiger partial charge in [0.05, 0.1) is 13.2 Å². The van der Waals surface area contributed by atoms with Gasteiger partial charge in [0, 0.05) is 31.7 Å². The van der Waals surface area contributed by atoms with Crippen molar-refractivity contribution >= 4 is 5.78 Å². The Bertz CT molecular complexity index is 450. The van der Waals surface area contributed by atoms with E-state index < -0.39 is 0 Å². The number of aromatic nitrogens is 1. The fourth-order valence-electron chi connectivity index (χ4n) is 2.38. The Balaban J connectivity index is 2.09. The van der Waals surface area contributed by atoms with Crippen LogP contribution in [0.15, 0.2) is 12.3 Å². The minimum Gasteiger partial charge on any atom is -0.378 e. The molecule has 1 atom stereocenters. The maximum absolute atomic E-state index is 11.3. The molecule has 0 amide bonds. The molecule has 0 aromatic carbocycles. The van der Waals surface area contributed by atoms with Gasteiger partial charge in [0.25, 0.3) is 0 Å². The van der Waals surface area contributed by atoms with Gasteiger partial charge in [-0.1, -0.05) is 0 Å².